The van der Waals surface area contributed by atoms with Gasteiger partial charge in [-0.1, -0.05) is 6.07 Å². The van der Waals surface area contributed by atoms with Crippen molar-refractivity contribution in [1.82, 2.24) is 29.6 Å². The number of carboxylic acids is 1. The standard InChI is InChI=1S/C28H40N8O2/c1-20-18-30-28(31-19-20)33-25(27(37)38)11-14-35(15-16-36-22(3)17-21(2)34-36)13-5-4-8-24-10-9-23-7-6-12-29-26(23)32-24/h9-10,17-19,25H,4-8,11-16H2,1-3H3,(H,29,32)(H,37,38)(H,30,31,33)/t25-/m0/s1. The van der Waals surface area contributed by atoms with E-state index in [9.17, 15) is 9.90 Å². The highest BCUT2D eigenvalue weighted by atomic mass is 16.4. The lowest BCUT2D eigenvalue weighted by Crippen LogP contribution is -2.37. The molecule has 4 heterocycles. The zero-order valence-electron chi connectivity index (χ0n) is 22.8. The SMILES string of the molecule is Cc1cnc(N[C@@H](CCN(CCCCc2ccc3c(n2)NCCC3)CCn2nc(C)cc2C)C(=O)O)nc1. The van der Waals surface area contributed by atoms with Crippen molar-refractivity contribution in [2.24, 2.45) is 0 Å². The summed E-state index contributed by atoms with van der Waals surface area (Å²) in [6.07, 6.45) is 9.05. The zero-order chi connectivity index (χ0) is 26.9. The number of carbonyl (C=O) groups is 1. The summed E-state index contributed by atoms with van der Waals surface area (Å²) in [6.45, 7) is 10.1. The molecule has 10 nitrogen and oxygen atoms in total. The molecule has 0 saturated carbocycles. The molecule has 1 aliphatic heterocycles. The molecule has 0 fully saturated rings. The predicted molar refractivity (Wildman–Crippen MR) is 149 cm³/mol. The molecule has 0 saturated heterocycles. The van der Waals surface area contributed by atoms with E-state index in [-0.39, 0.29) is 0 Å². The van der Waals surface area contributed by atoms with Crippen LogP contribution in [0, 0.1) is 20.8 Å². The van der Waals surface area contributed by atoms with Gasteiger partial charge in [0.05, 0.1) is 12.2 Å². The largest absolute Gasteiger partial charge is 0.480 e. The molecule has 0 spiro atoms. The number of nitrogens with one attached hydrogen (secondary N) is 2. The molecule has 0 radical (unpaired) electrons. The minimum atomic E-state index is -0.903. The number of hydrogen-bond acceptors (Lipinski definition) is 8. The highest BCUT2D eigenvalue weighted by Gasteiger charge is 2.20. The zero-order valence-corrected chi connectivity index (χ0v) is 22.8. The van der Waals surface area contributed by atoms with Crippen molar-refractivity contribution in [3.05, 3.63) is 58.8 Å². The van der Waals surface area contributed by atoms with Crippen LogP contribution >= 0.6 is 0 Å². The van der Waals surface area contributed by atoms with Crippen LogP contribution in [-0.4, -0.2) is 72.9 Å². The Balaban J connectivity index is 1.32. The molecule has 4 rings (SSSR count). The fraction of sp³-hybridized carbons (Fsp3) is 0.536. The predicted octanol–water partition coefficient (Wildman–Crippen LogP) is 3.63. The number of rotatable bonds is 14. The van der Waals surface area contributed by atoms with Crippen molar-refractivity contribution < 1.29 is 9.90 Å². The minimum absolute atomic E-state index is 0.337. The van der Waals surface area contributed by atoms with Crippen LogP contribution in [0.4, 0.5) is 11.8 Å². The number of aromatic nitrogens is 5. The van der Waals surface area contributed by atoms with Crippen LogP contribution in [0.2, 0.25) is 0 Å². The number of hydrogen-bond donors (Lipinski definition) is 3. The second-order valence-corrected chi connectivity index (χ2v) is 10.2. The maximum absolute atomic E-state index is 12.0. The van der Waals surface area contributed by atoms with E-state index in [0.717, 1.165) is 86.7 Å². The van der Waals surface area contributed by atoms with Gasteiger partial charge in [0.1, 0.15) is 11.9 Å². The average Bonchev–Trinajstić information content (AvgIpc) is 3.24. The summed E-state index contributed by atoms with van der Waals surface area (Å²) in [7, 11) is 0. The summed E-state index contributed by atoms with van der Waals surface area (Å²) in [5, 5.41) is 20.8. The van der Waals surface area contributed by atoms with E-state index in [0.29, 0.717) is 18.9 Å². The molecule has 1 aliphatic rings. The first-order valence-corrected chi connectivity index (χ1v) is 13.6. The Bertz CT molecular complexity index is 1190. The van der Waals surface area contributed by atoms with Gasteiger partial charge in [-0.2, -0.15) is 5.10 Å². The molecule has 3 aromatic heterocycles. The van der Waals surface area contributed by atoms with Crippen LogP contribution in [0.1, 0.15) is 53.9 Å². The molecule has 0 bridgehead atoms. The number of nitrogens with zero attached hydrogens (tertiary/aromatic N) is 6. The van der Waals surface area contributed by atoms with Gasteiger partial charge in [-0.05, 0) is 89.1 Å². The monoisotopic (exact) mass is 520 g/mol. The number of unbranched alkanes of at least 4 members (excludes halogenated alkanes) is 1. The fourth-order valence-electron chi connectivity index (χ4n) is 4.81. The van der Waals surface area contributed by atoms with Crippen LogP contribution in [0.3, 0.4) is 0 Å². The van der Waals surface area contributed by atoms with Gasteiger partial charge < -0.3 is 20.6 Å². The Labute approximate surface area is 224 Å². The Hall–Kier alpha value is -3.53. The lowest BCUT2D eigenvalue weighted by Gasteiger charge is -2.24. The maximum Gasteiger partial charge on any atom is 0.326 e. The summed E-state index contributed by atoms with van der Waals surface area (Å²) in [4.78, 5) is 27.5. The van der Waals surface area contributed by atoms with E-state index in [1.54, 1.807) is 12.4 Å². The van der Waals surface area contributed by atoms with Gasteiger partial charge in [0.2, 0.25) is 5.95 Å². The van der Waals surface area contributed by atoms with Crippen molar-refractivity contribution in [3.8, 4) is 0 Å². The second-order valence-electron chi connectivity index (χ2n) is 10.2. The lowest BCUT2D eigenvalue weighted by molar-refractivity contribution is -0.138. The Morgan fingerprint density at radius 3 is 2.71 bits per heavy atom. The smallest absolute Gasteiger partial charge is 0.326 e. The molecule has 3 aromatic rings. The third-order valence-electron chi connectivity index (χ3n) is 6.96. The molecule has 0 amide bonds. The van der Waals surface area contributed by atoms with E-state index in [4.69, 9.17) is 4.98 Å². The second kappa shape index (κ2) is 13.3. The number of aliphatic carboxylic acids is 1. The molecule has 1 atom stereocenters. The van der Waals surface area contributed by atoms with Crippen LogP contribution in [0.5, 0.6) is 0 Å². The molecule has 10 heteroatoms. The summed E-state index contributed by atoms with van der Waals surface area (Å²) in [5.74, 6) is 0.481. The van der Waals surface area contributed by atoms with Gasteiger partial charge in [-0.3, -0.25) is 4.68 Å². The van der Waals surface area contributed by atoms with Crippen molar-refractivity contribution in [2.75, 3.05) is 36.8 Å². The number of aryl methyl sites for hydroxylation is 5. The van der Waals surface area contributed by atoms with E-state index in [2.05, 4.69) is 55.7 Å². The van der Waals surface area contributed by atoms with E-state index in [1.807, 2.05) is 18.5 Å². The van der Waals surface area contributed by atoms with Crippen LogP contribution in [0.25, 0.3) is 0 Å². The van der Waals surface area contributed by atoms with Gasteiger partial charge in [0, 0.05) is 43.4 Å². The summed E-state index contributed by atoms with van der Waals surface area (Å²) in [5.41, 5.74) is 5.51. The molecule has 38 heavy (non-hydrogen) atoms. The van der Waals surface area contributed by atoms with Crippen LogP contribution in [0.15, 0.2) is 30.6 Å². The molecule has 204 valence electrons. The van der Waals surface area contributed by atoms with Crippen molar-refractivity contribution in [3.63, 3.8) is 0 Å². The van der Waals surface area contributed by atoms with Crippen LogP contribution in [-0.2, 0) is 24.2 Å². The third kappa shape index (κ3) is 7.98. The average molecular weight is 521 g/mol. The minimum Gasteiger partial charge on any atom is -0.480 e. The Morgan fingerprint density at radius 1 is 1.16 bits per heavy atom. The van der Waals surface area contributed by atoms with Gasteiger partial charge in [0.25, 0.3) is 0 Å². The van der Waals surface area contributed by atoms with E-state index in [1.165, 1.54) is 5.56 Å². The number of anilines is 2. The van der Waals surface area contributed by atoms with Crippen LogP contribution < -0.4 is 10.6 Å². The summed E-state index contributed by atoms with van der Waals surface area (Å²) >= 11 is 0. The fourth-order valence-corrected chi connectivity index (χ4v) is 4.81. The normalized spacial score (nSPS) is 13.7. The third-order valence-corrected chi connectivity index (χ3v) is 6.96. The lowest BCUT2D eigenvalue weighted by atomic mass is 10.1. The Morgan fingerprint density at radius 2 is 1.97 bits per heavy atom. The first kappa shape index (κ1) is 27.5. The number of fused-ring (bicyclic) bond motifs is 1. The highest BCUT2D eigenvalue weighted by Crippen LogP contribution is 2.20. The number of pyridine rings is 1. The first-order chi connectivity index (χ1) is 18.4. The van der Waals surface area contributed by atoms with Crippen molar-refractivity contribution in [1.29, 1.82) is 0 Å². The Kier molecular flexibility index (Phi) is 9.64. The topological polar surface area (TPSA) is 121 Å². The summed E-state index contributed by atoms with van der Waals surface area (Å²) < 4.78 is 2.03. The maximum atomic E-state index is 12.0. The molecular formula is C28H40N8O2. The van der Waals surface area contributed by atoms with Crippen molar-refractivity contribution >= 4 is 17.7 Å². The molecule has 3 N–H and O–H groups in total. The van der Waals surface area contributed by atoms with Gasteiger partial charge in [-0.25, -0.2) is 19.7 Å². The molecule has 0 aliphatic carbocycles. The van der Waals surface area contributed by atoms with Crippen molar-refractivity contribution in [2.45, 2.75) is 71.9 Å². The first-order valence-electron chi connectivity index (χ1n) is 13.6. The quantitative estimate of drug-likeness (QED) is 0.274. The summed E-state index contributed by atoms with van der Waals surface area (Å²) in [6, 6.07) is 5.68. The van der Waals surface area contributed by atoms with E-state index >= 15 is 0 Å². The van der Waals surface area contributed by atoms with Gasteiger partial charge in [0.15, 0.2) is 0 Å². The van der Waals surface area contributed by atoms with E-state index < -0.39 is 12.0 Å². The molecule has 0 aromatic carbocycles. The molecular weight excluding hydrogens is 480 g/mol. The van der Waals surface area contributed by atoms with Gasteiger partial charge in [-0.15, -0.1) is 0 Å². The number of carboxylic acid groups (broad SMARTS) is 1. The molecule has 0 unspecified atom stereocenters. The van der Waals surface area contributed by atoms with Gasteiger partial charge >= 0.3 is 5.97 Å². The highest BCUT2D eigenvalue weighted by molar-refractivity contribution is 5.76.